The van der Waals surface area contributed by atoms with Crippen LogP contribution < -0.4 is 10.9 Å². The summed E-state index contributed by atoms with van der Waals surface area (Å²) in [5.41, 5.74) is -0.456. The Morgan fingerprint density at radius 2 is 2.10 bits per heavy atom. The molecule has 0 aliphatic heterocycles. The summed E-state index contributed by atoms with van der Waals surface area (Å²) in [4.78, 5) is 11.8. The minimum atomic E-state index is -0.450. The van der Waals surface area contributed by atoms with Crippen LogP contribution in [-0.2, 0) is 0 Å². The molecule has 0 saturated heterocycles. The molecular formula is C15H23N3O2. The molecule has 20 heavy (non-hydrogen) atoms. The standard InChI is InChI=1S/C15H23N3O2/c19-14-3-1-10-17-18(14)13-6-4-12(5-7-13)16-11-15(20)8-2-9-15/h1,3,10,12-13,16,20H,2,4-9,11H2. The SMILES string of the molecule is O=c1cccnn1C1CCC(NCC2(O)CCC2)CC1. The monoisotopic (exact) mass is 277 g/mol. The lowest BCUT2D eigenvalue weighted by Crippen LogP contribution is -2.49. The van der Waals surface area contributed by atoms with E-state index in [1.54, 1.807) is 23.0 Å². The highest BCUT2D eigenvalue weighted by Gasteiger charge is 2.35. The molecule has 5 nitrogen and oxygen atoms in total. The number of aliphatic hydroxyl groups is 1. The van der Waals surface area contributed by atoms with Gasteiger partial charge in [0.1, 0.15) is 0 Å². The highest BCUT2D eigenvalue weighted by molar-refractivity contribution is 4.92. The van der Waals surface area contributed by atoms with Gasteiger partial charge < -0.3 is 10.4 Å². The molecule has 1 aromatic rings. The summed E-state index contributed by atoms with van der Waals surface area (Å²) < 4.78 is 1.62. The van der Waals surface area contributed by atoms with E-state index in [9.17, 15) is 9.90 Å². The molecule has 2 aliphatic carbocycles. The summed E-state index contributed by atoms with van der Waals surface area (Å²) in [6.45, 7) is 0.714. The molecule has 0 atom stereocenters. The number of nitrogens with zero attached hydrogens (tertiary/aromatic N) is 2. The summed E-state index contributed by atoms with van der Waals surface area (Å²) in [6.07, 6.45) is 8.73. The van der Waals surface area contributed by atoms with Gasteiger partial charge >= 0.3 is 0 Å². The minimum absolute atomic E-state index is 0.00677. The van der Waals surface area contributed by atoms with Crippen LogP contribution in [0.5, 0.6) is 0 Å². The third kappa shape index (κ3) is 2.94. The largest absolute Gasteiger partial charge is 0.389 e. The van der Waals surface area contributed by atoms with Crippen LogP contribution in [-0.4, -0.2) is 33.1 Å². The van der Waals surface area contributed by atoms with Crippen LogP contribution in [0, 0.1) is 0 Å². The molecule has 1 aromatic heterocycles. The fourth-order valence-corrected chi connectivity index (χ4v) is 3.26. The van der Waals surface area contributed by atoms with Crippen molar-refractivity contribution in [2.24, 2.45) is 0 Å². The van der Waals surface area contributed by atoms with E-state index in [1.165, 1.54) is 0 Å². The lowest BCUT2D eigenvalue weighted by Gasteiger charge is -2.39. The first-order valence-corrected chi connectivity index (χ1v) is 7.66. The summed E-state index contributed by atoms with van der Waals surface area (Å²) in [7, 11) is 0. The maximum Gasteiger partial charge on any atom is 0.266 e. The molecular weight excluding hydrogens is 254 g/mol. The highest BCUT2D eigenvalue weighted by Crippen LogP contribution is 2.32. The molecule has 1 heterocycles. The Hall–Kier alpha value is -1.20. The fourth-order valence-electron chi connectivity index (χ4n) is 3.26. The van der Waals surface area contributed by atoms with Crippen molar-refractivity contribution in [3.05, 3.63) is 28.7 Å². The molecule has 0 amide bonds. The molecule has 2 aliphatic rings. The maximum absolute atomic E-state index is 11.8. The van der Waals surface area contributed by atoms with E-state index in [2.05, 4.69) is 10.4 Å². The van der Waals surface area contributed by atoms with Gasteiger partial charge in [0.25, 0.3) is 5.56 Å². The number of hydrogen-bond donors (Lipinski definition) is 2. The van der Waals surface area contributed by atoms with Gasteiger partial charge in [-0.15, -0.1) is 0 Å². The van der Waals surface area contributed by atoms with Gasteiger partial charge in [0.15, 0.2) is 0 Å². The normalized spacial score (nSPS) is 28.9. The molecule has 0 aromatic carbocycles. The van der Waals surface area contributed by atoms with E-state index >= 15 is 0 Å². The van der Waals surface area contributed by atoms with Crippen LogP contribution in [0.25, 0.3) is 0 Å². The molecule has 110 valence electrons. The second-order valence-corrected chi connectivity index (χ2v) is 6.27. The summed E-state index contributed by atoms with van der Waals surface area (Å²) in [5.74, 6) is 0. The first-order valence-electron chi connectivity index (χ1n) is 7.66. The fraction of sp³-hybridized carbons (Fsp3) is 0.733. The first kappa shape index (κ1) is 13.8. The third-order valence-corrected chi connectivity index (χ3v) is 4.79. The molecule has 0 radical (unpaired) electrons. The van der Waals surface area contributed by atoms with Crippen molar-refractivity contribution in [1.29, 1.82) is 0 Å². The van der Waals surface area contributed by atoms with Crippen molar-refractivity contribution in [3.8, 4) is 0 Å². The van der Waals surface area contributed by atoms with Gasteiger partial charge in [0.2, 0.25) is 0 Å². The van der Waals surface area contributed by atoms with Crippen LogP contribution in [0.2, 0.25) is 0 Å². The zero-order valence-electron chi connectivity index (χ0n) is 11.8. The Morgan fingerprint density at radius 3 is 2.70 bits per heavy atom. The Labute approximate surface area is 119 Å². The lowest BCUT2D eigenvalue weighted by molar-refractivity contribution is -0.0342. The Morgan fingerprint density at radius 1 is 1.35 bits per heavy atom. The molecule has 2 N–H and O–H groups in total. The molecule has 2 fully saturated rings. The van der Waals surface area contributed by atoms with E-state index in [1.807, 2.05) is 0 Å². The van der Waals surface area contributed by atoms with Crippen molar-refractivity contribution in [2.75, 3.05) is 6.54 Å². The summed E-state index contributed by atoms with van der Waals surface area (Å²) in [6, 6.07) is 3.96. The van der Waals surface area contributed by atoms with Crippen LogP contribution in [0.15, 0.2) is 23.1 Å². The van der Waals surface area contributed by atoms with Gasteiger partial charge in [-0.05, 0) is 51.0 Å². The van der Waals surface area contributed by atoms with Crippen LogP contribution >= 0.6 is 0 Å². The minimum Gasteiger partial charge on any atom is -0.389 e. The molecule has 2 saturated carbocycles. The molecule has 3 rings (SSSR count). The highest BCUT2D eigenvalue weighted by atomic mass is 16.3. The predicted octanol–water partition coefficient (Wildman–Crippen LogP) is 1.23. The smallest absolute Gasteiger partial charge is 0.266 e. The van der Waals surface area contributed by atoms with Crippen molar-refractivity contribution >= 4 is 0 Å². The predicted molar refractivity (Wildman–Crippen MR) is 76.6 cm³/mol. The van der Waals surface area contributed by atoms with Crippen molar-refractivity contribution in [3.63, 3.8) is 0 Å². The van der Waals surface area contributed by atoms with Gasteiger partial charge in [-0.25, -0.2) is 4.68 Å². The second-order valence-electron chi connectivity index (χ2n) is 6.27. The molecule has 0 bridgehead atoms. The lowest BCUT2D eigenvalue weighted by atomic mass is 9.80. The first-order chi connectivity index (χ1) is 9.66. The average Bonchev–Trinajstić information content (AvgIpc) is 2.44. The van der Waals surface area contributed by atoms with E-state index < -0.39 is 5.60 Å². The second kappa shape index (κ2) is 5.66. The Kier molecular flexibility index (Phi) is 3.89. The van der Waals surface area contributed by atoms with Gasteiger partial charge in [-0.3, -0.25) is 4.79 Å². The zero-order chi connectivity index (χ0) is 14.0. The number of nitrogens with one attached hydrogen (secondary N) is 1. The van der Waals surface area contributed by atoms with Crippen LogP contribution in [0.1, 0.15) is 51.0 Å². The van der Waals surface area contributed by atoms with Gasteiger partial charge in [-0.1, -0.05) is 0 Å². The molecule has 0 unspecified atom stereocenters. The van der Waals surface area contributed by atoms with E-state index in [0.29, 0.717) is 12.6 Å². The van der Waals surface area contributed by atoms with Gasteiger partial charge in [-0.2, -0.15) is 5.10 Å². The average molecular weight is 277 g/mol. The van der Waals surface area contributed by atoms with Crippen LogP contribution in [0.3, 0.4) is 0 Å². The van der Waals surface area contributed by atoms with Gasteiger partial charge in [0.05, 0.1) is 11.6 Å². The maximum atomic E-state index is 11.8. The number of hydrogen-bond acceptors (Lipinski definition) is 4. The van der Waals surface area contributed by atoms with E-state index in [4.69, 9.17) is 0 Å². The topological polar surface area (TPSA) is 67.2 Å². The molecule has 5 heteroatoms. The quantitative estimate of drug-likeness (QED) is 0.868. The number of aromatic nitrogens is 2. The summed E-state index contributed by atoms with van der Waals surface area (Å²) >= 11 is 0. The van der Waals surface area contributed by atoms with Crippen molar-refractivity contribution in [2.45, 2.75) is 62.6 Å². The van der Waals surface area contributed by atoms with Gasteiger partial charge in [0, 0.05) is 24.8 Å². The number of rotatable bonds is 4. The van der Waals surface area contributed by atoms with Crippen molar-refractivity contribution in [1.82, 2.24) is 15.1 Å². The van der Waals surface area contributed by atoms with E-state index in [0.717, 1.165) is 44.9 Å². The Balaban J connectivity index is 1.49. The van der Waals surface area contributed by atoms with E-state index in [-0.39, 0.29) is 11.6 Å². The zero-order valence-corrected chi connectivity index (χ0v) is 11.8. The van der Waals surface area contributed by atoms with Crippen molar-refractivity contribution < 1.29 is 5.11 Å². The Bertz CT molecular complexity index is 502. The third-order valence-electron chi connectivity index (χ3n) is 4.79. The molecule has 0 spiro atoms. The summed E-state index contributed by atoms with van der Waals surface area (Å²) in [5, 5.41) is 17.8. The van der Waals surface area contributed by atoms with Crippen LogP contribution in [0.4, 0.5) is 0 Å².